The number of amides is 1. The zero-order valence-electron chi connectivity index (χ0n) is 14.5. The Morgan fingerprint density at radius 1 is 1.04 bits per heavy atom. The lowest BCUT2D eigenvalue weighted by molar-refractivity contribution is -0.131. The molecular formula is C20H21NO5. The number of hydrogen-bond donors (Lipinski definition) is 2. The summed E-state index contributed by atoms with van der Waals surface area (Å²) in [4.78, 5) is 22.4. The van der Waals surface area contributed by atoms with Crippen molar-refractivity contribution >= 4 is 23.6 Å². The molecule has 0 aliphatic heterocycles. The maximum absolute atomic E-state index is 11.9. The van der Waals surface area contributed by atoms with Crippen LogP contribution >= 0.6 is 0 Å². The normalized spacial score (nSPS) is 10.5. The molecule has 0 radical (unpaired) electrons. The first kappa shape index (κ1) is 19.1. The topological polar surface area (TPSA) is 84.9 Å². The highest BCUT2D eigenvalue weighted by molar-refractivity contribution is 5.91. The maximum atomic E-state index is 11.9. The van der Waals surface area contributed by atoms with Crippen molar-refractivity contribution in [2.24, 2.45) is 0 Å². The summed E-state index contributed by atoms with van der Waals surface area (Å²) in [5.74, 6) is 0.397. The van der Waals surface area contributed by atoms with Crippen LogP contribution in [-0.2, 0) is 9.59 Å². The molecule has 0 bridgehead atoms. The van der Waals surface area contributed by atoms with E-state index < -0.39 is 5.97 Å². The van der Waals surface area contributed by atoms with Gasteiger partial charge >= 0.3 is 5.97 Å². The van der Waals surface area contributed by atoms with E-state index in [0.29, 0.717) is 25.1 Å². The van der Waals surface area contributed by atoms with E-state index in [2.05, 4.69) is 5.32 Å². The highest BCUT2D eigenvalue weighted by Gasteiger charge is 2.03. The molecular weight excluding hydrogens is 334 g/mol. The van der Waals surface area contributed by atoms with E-state index in [1.807, 2.05) is 24.3 Å². The van der Waals surface area contributed by atoms with E-state index in [9.17, 15) is 9.59 Å². The van der Waals surface area contributed by atoms with Crippen LogP contribution in [-0.4, -0.2) is 30.7 Å². The minimum atomic E-state index is -1.00. The lowest BCUT2D eigenvalue weighted by Gasteiger charge is -2.08. The summed E-state index contributed by atoms with van der Waals surface area (Å²) in [5.41, 5.74) is 1.41. The van der Waals surface area contributed by atoms with Gasteiger partial charge in [0.05, 0.1) is 13.7 Å². The largest absolute Gasteiger partial charge is 0.497 e. The molecule has 0 atom stereocenters. The zero-order valence-corrected chi connectivity index (χ0v) is 14.5. The van der Waals surface area contributed by atoms with Gasteiger partial charge in [-0.2, -0.15) is 0 Å². The maximum Gasteiger partial charge on any atom is 0.328 e. The third-order valence-electron chi connectivity index (χ3n) is 3.49. The predicted molar refractivity (Wildman–Crippen MR) is 99.5 cm³/mol. The van der Waals surface area contributed by atoms with Crippen LogP contribution in [0.2, 0.25) is 0 Å². The number of aliphatic carboxylic acids is 1. The first-order chi connectivity index (χ1) is 12.6. The van der Waals surface area contributed by atoms with E-state index in [-0.39, 0.29) is 5.91 Å². The Hall–Kier alpha value is -3.28. The van der Waals surface area contributed by atoms with Gasteiger partial charge < -0.3 is 19.9 Å². The number of carbonyl (C=O) groups excluding carboxylic acids is 1. The Morgan fingerprint density at radius 3 is 2.31 bits per heavy atom. The number of carboxylic acids is 1. The second kappa shape index (κ2) is 9.88. The van der Waals surface area contributed by atoms with Crippen LogP contribution in [0.3, 0.4) is 0 Å². The van der Waals surface area contributed by atoms with Crippen molar-refractivity contribution in [3.63, 3.8) is 0 Å². The standard InChI is InChI=1S/C20H21NO5/c1-25-17-9-11-18(12-10-17)26-14-2-3-19(22)21-16-7-4-15(5-8-16)6-13-20(23)24/h4-13H,2-3,14H2,1H3,(H,21,22)(H,23,24). The smallest absolute Gasteiger partial charge is 0.328 e. The fourth-order valence-corrected chi connectivity index (χ4v) is 2.16. The fraction of sp³-hybridized carbons (Fsp3) is 0.200. The van der Waals surface area contributed by atoms with E-state index in [1.165, 1.54) is 6.08 Å². The molecule has 1 amide bonds. The highest BCUT2D eigenvalue weighted by atomic mass is 16.5. The third-order valence-corrected chi connectivity index (χ3v) is 3.49. The van der Waals surface area contributed by atoms with Crippen LogP contribution in [0.1, 0.15) is 18.4 Å². The number of hydrogen-bond acceptors (Lipinski definition) is 4. The van der Waals surface area contributed by atoms with Crippen molar-refractivity contribution in [3.05, 3.63) is 60.2 Å². The van der Waals surface area contributed by atoms with Crippen LogP contribution < -0.4 is 14.8 Å². The minimum absolute atomic E-state index is 0.0999. The molecule has 0 saturated carbocycles. The molecule has 2 aromatic rings. The van der Waals surface area contributed by atoms with E-state index in [4.69, 9.17) is 14.6 Å². The molecule has 136 valence electrons. The molecule has 2 N–H and O–H groups in total. The molecule has 6 heteroatoms. The fourth-order valence-electron chi connectivity index (χ4n) is 2.16. The Bertz CT molecular complexity index is 751. The van der Waals surface area contributed by atoms with Gasteiger partial charge in [-0.05, 0) is 54.5 Å². The van der Waals surface area contributed by atoms with E-state index >= 15 is 0 Å². The quantitative estimate of drug-likeness (QED) is 0.530. The average molecular weight is 355 g/mol. The van der Waals surface area contributed by atoms with E-state index in [1.54, 1.807) is 31.4 Å². The summed E-state index contributed by atoms with van der Waals surface area (Å²) < 4.78 is 10.7. The molecule has 6 nitrogen and oxygen atoms in total. The molecule has 2 aromatic carbocycles. The summed E-state index contributed by atoms with van der Waals surface area (Å²) in [7, 11) is 1.61. The SMILES string of the molecule is COc1ccc(OCCCC(=O)Nc2ccc(C=CC(=O)O)cc2)cc1. The van der Waals surface area contributed by atoms with Crippen molar-refractivity contribution in [3.8, 4) is 11.5 Å². The zero-order chi connectivity index (χ0) is 18.8. The number of rotatable bonds is 9. The highest BCUT2D eigenvalue weighted by Crippen LogP contribution is 2.17. The van der Waals surface area contributed by atoms with Crippen molar-refractivity contribution in [1.29, 1.82) is 0 Å². The monoisotopic (exact) mass is 355 g/mol. The number of carboxylic acid groups (broad SMARTS) is 1. The molecule has 0 aliphatic carbocycles. The minimum Gasteiger partial charge on any atom is -0.497 e. The Kier molecular flexibility index (Phi) is 7.24. The van der Waals surface area contributed by atoms with Gasteiger partial charge in [0.15, 0.2) is 0 Å². The summed E-state index contributed by atoms with van der Waals surface area (Å²) in [5, 5.41) is 11.4. The average Bonchev–Trinajstić information content (AvgIpc) is 2.65. The molecule has 0 aliphatic rings. The second-order valence-corrected chi connectivity index (χ2v) is 5.47. The lowest BCUT2D eigenvalue weighted by Crippen LogP contribution is -2.12. The number of carbonyl (C=O) groups is 2. The van der Waals surface area contributed by atoms with Crippen LogP contribution in [0.15, 0.2) is 54.6 Å². The van der Waals surface area contributed by atoms with Gasteiger partial charge in [0.25, 0.3) is 0 Å². The van der Waals surface area contributed by atoms with Gasteiger partial charge in [-0.25, -0.2) is 4.79 Å². The molecule has 0 spiro atoms. The summed E-state index contributed by atoms with van der Waals surface area (Å²) in [6.07, 6.45) is 3.50. The van der Waals surface area contributed by atoms with Crippen LogP contribution in [0.4, 0.5) is 5.69 Å². The molecule has 0 unspecified atom stereocenters. The first-order valence-electron chi connectivity index (χ1n) is 8.14. The summed E-state index contributed by atoms with van der Waals surface area (Å²) in [6.45, 7) is 0.443. The predicted octanol–water partition coefficient (Wildman–Crippen LogP) is 3.59. The molecule has 0 aromatic heterocycles. The molecule has 0 heterocycles. The van der Waals surface area contributed by atoms with Crippen molar-refractivity contribution < 1.29 is 24.2 Å². The van der Waals surface area contributed by atoms with Gasteiger partial charge in [-0.15, -0.1) is 0 Å². The van der Waals surface area contributed by atoms with Crippen LogP contribution in [0.25, 0.3) is 6.08 Å². The second-order valence-electron chi connectivity index (χ2n) is 5.47. The van der Waals surface area contributed by atoms with Gasteiger partial charge in [0, 0.05) is 18.2 Å². The van der Waals surface area contributed by atoms with Crippen molar-refractivity contribution in [2.45, 2.75) is 12.8 Å². The molecule has 26 heavy (non-hydrogen) atoms. The van der Waals surface area contributed by atoms with Gasteiger partial charge in [-0.1, -0.05) is 12.1 Å². The number of methoxy groups -OCH3 is 1. The number of ether oxygens (including phenoxy) is 2. The number of nitrogens with one attached hydrogen (secondary N) is 1. The van der Waals surface area contributed by atoms with Gasteiger partial charge in [0.1, 0.15) is 11.5 Å². The Labute approximate surface area is 152 Å². The molecule has 0 saturated heterocycles. The van der Waals surface area contributed by atoms with Crippen LogP contribution in [0.5, 0.6) is 11.5 Å². The van der Waals surface area contributed by atoms with Gasteiger partial charge in [-0.3, -0.25) is 4.79 Å². The van der Waals surface area contributed by atoms with Crippen molar-refractivity contribution in [2.75, 3.05) is 19.0 Å². The van der Waals surface area contributed by atoms with Gasteiger partial charge in [0.2, 0.25) is 5.91 Å². The third kappa shape index (κ3) is 6.68. The molecule has 0 fully saturated rings. The lowest BCUT2D eigenvalue weighted by atomic mass is 10.2. The number of benzene rings is 2. The summed E-state index contributed by atoms with van der Waals surface area (Å²) in [6, 6.07) is 14.2. The van der Waals surface area contributed by atoms with Crippen molar-refractivity contribution in [1.82, 2.24) is 0 Å². The first-order valence-corrected chi connectivity index (χ1v) is 8.14. The van der Waals surface area contributed by atoms with Crippen LogP contribution in [0, 0.1) is 0 Å². The number of anilines is 1. The Morgan fingerprint density at radius 2 is 1.69 bits per heavy atom. The molecule has 2 rings (SSSR count). The Balaban J connectivity index is 1.70. The summed E-state index contributed by atoms with van der Waals surface area (Å²) >= 11 is 0. The van der Waals surface area contributed by atoms with E-state index in [0.717, 1.165) is 23.1 Å².